The molecule has 0 amide bonds. The maximum atomic E-state index is 10.0. The SMILES string of the molecule is O=[N+]([O-])CC(O)c1cccnc1. The second kappa shape index (κ2) is 3.77. The molecule has 0 spiro atoms. The minimum atomic E-state index is -1.06. The van der Waals surface area contributed by atoms with Crippen LogP contribution >= 0.6 is 0 Å². The Labute approximate surface area is 68.8 Å². The van der Waals surface area contributed by atoms with Crippen molar-refractivity contribution in [3.8, 4) is 0 Å². The van der Waals surface area contributed by atoms with E-state index in [1.807, 2.05) is 0 Å². The molecule has 1 unspecified atom stereocenters. The fourth-order valence-corrected chi connectivity index (χ4v) is 0.820. The Bertz CT molecular complexity index is 263. The van der Waals surface area contributed by atoms with E-state index in [9.17, 15) is 15.2 Å². The molecule has 64 valence electrons. The monoisotopic (exact) mass is 168 g/mol. The number of aliphatic hydroxyl groups excluding tert-OH is 1. The Morgan fingerprint density at radius 3 is 3.00 bits per heavy atom. The quantitative estimate of drug-likeness (QED) is 0.523. The van der Waals surface area contributed by atoms with E-state index in [-0.39, 0.29) is 0 Å². The molecule has 0 saturated carbocycles. The first-order valence-electron chi connectivity index (χ1n) is 3.40. The average molecular weight is 168 g/mol. The van der Waals surface area contributed by atoms with E-state index in [1.54, 1.807) is 18.3 Å². The topological polar surface area (TPSA) is 76.3 Å². The van der Waals surface area contributed by atoms with Gasteiger partial charge in [-0.05, 0) is 6.07 Å². The number of pyridine rings is 1. The fourth-order valence-electron chi connectivity index (χ4n) is 0.820. The van der Waals surface area contributed by atoms with Gasteiger partial charge in [-0.1, -0.05) is 6.07 Å². The highest BCUT2D eigenvalue weighted by molar-refractivity contribution is 5.11. The summed E-state index contributed by atoms with van der Waals surface area (Å²) in [5, 5.41) is 19.2. The molecule has 0 fully saturated rings. The van der Waals surface area contributed by atoms with Crippen LogP contribution in [0.25, 0.3) is 0 Å². The van der Waals surface area contributed by atoms with Crippen LogP contribution in [0.4, 0.5) is 0 Å². The van der Waals surface area contributed by atoms with Crippen molar-refractivity contribution < 1.29 is 10.0 Å². The van der Waals surface area contributed by atoms with Gasteiger partial charge in [0.25, 0.3) is 0 Å². The summed E-state index contributed by atoms with van der Waals surface area (Å²) >= 11 is 0. The van der Waals surface area contributed by atoms with Crippen molar-refractivity contribution in [2.45, 2.75) is 6.10 Å². The lowest BCUT2D eigenvalue weighted by atomic mass is 10.2. The van der Waals surface area contributed by atoms with Gasteiger partial charge >= 0.3 is 0 Å². The zero-order valence-electron chi connectivity index (χ0n) is 6.25. The minimum absolute atomic E-state index is 0.467. The van der Waals surface area contributed by atoms with Crippen molar-refractivity contribution in [2.75, 3.05) is 6.54 Å². The predicted molar refractivity (Wildman–Crippen MR) is 41.1 cm³/mol. The first-order valence-corrected chi connectivity index (χ1v) is 3.40. The van der Waals surface area contributed by atoms with Crippen LogP contribution in [0.3, 0.4) is 0 Å². The van der Waals surface area contributed by atoms with Crippen LogP contribution in [0, 0.1) is 10.1 Å². The fraction of sp³-hybridized carbons (Fsp3) is 0.286. The summed E-state index contributed by atoms with van der Waals surface area (Å²) in [6.45, 7) is -0.480. The largest absolute Gasteiger partial charge is 0.381 e. The van der Waals surface area contributed by atoms with Crippen molar-refractivity contribution >= 4 is 0 Å². The second-order valence-electron chi connectivity index (χ2n) is 2.32. The Kier molecular flexibility index (Phi) is 2.71. The van der Waals surface area contributed by atoms with Gasteiger partial charge < -0.3 is 5.11 Å². The van der Waals surface area contributed by atoms with E-state index in [0.717, 1.165) is 0 Å². The van der Waals surface area contributed by atoms with Crippen molar-refractivity contribution in [2.24, 2.45) is 0 Å². The average Bonchev–Trinajstić information content (AvgIpc) is 2.05. The maximum Gasteiger partial charge on any atom is 0.233 e. The standard InChI is InChI=1S/C7H8N2O3/c10-7(5-9(11)12)6-2-1-3-8-4-6/h1-4,7,10H,5H2. The summed E-state index contributed by atoms with van der Waals surface area (Å²) in [4.78, 5) is 13.2. The molecular formula is C7H8N2O3. The van der Waals surface area contributed by atoms with Gasteiger partial charge in [0.15, 0.2) is 0 Å². The Morgan fingerprint density at radius 1 is 1.75 bits per heavy atom. The Hall–Kier alpha value is -1.49. The van der Waals surface area contributed by atoms with Crippen molar-refractivity contribution in [3.63, 3.8) is 0 Å². The Balaban J connectivity index is 2.65. The number of hydrogen-bond donors (Lipinski definition) is 1. The van der Waals surface area contributed by atoms with Crippen LogP contribution in [0.5, 0.6) is 0 Å². The molecule has 1 heterocycles. The first-order chi connectivity index (χ1) is 5.70. The van der Waals surface area contributed by atoms with Crippen LogP contribution in [-0.4, -0.2) is 21.6 Å². The molecule has 1 aromatic rings. The van der Waals surface area contributed by atoms with Gasteiger partial charge in [-0.25, -0.2) is 0 Å². The van der Waals surface area contributed by atoms with E-state index < -0.39 is 17.6 Å². The molecule has 5 heteroatoms. The molecule has 0 aliphatic carbocycles. The zero-order chi connectivity index (χ0) is 8.97. The molecule has 1 aromatic heterocycles. The van der Waals surface area contributed by atoms with Crippen LogP contribution in [-0.2, 0) is 0 Å². The zero-order valence-corrected chi connectivity index (χ0v) is 6.25. The number of aromatic nitrogens is 1. The summed E-state index contributed by atoms with van der Waals surface area (Å²) in [5.74, 6) is 0. The first kappa shape index (κ1) is 8.61. The third-order valence-electron chi connectivity index (χ3n) is 1.39. The molecule has 0 aliphatic rings. The van der Waals surface area contributed by atoms with Crippen molar-refractivity contribution in [1.29, 1.82) is 0 Å². The molecule has 0 radical (unpaired) electrons. The van der Waals surface area contributed by atoms with Gasteiger partial charge in [0, 0.05) is 22.9 Å². The number of aliphatic hydroxyl groups is 1. The summed E-state index contributed by atoms with van der Waals surface area (Å²) in [6.07, 6.45) is 1.89. The highest BCUT2D eigenvalue weighted by Gasteiger charge is 2.13. The number of nitro groups is 1. The van der Waals surface area contributed by atoms with Gasteiger partial charge in [0.1, 0.15) is 6.10 Å². The van der Waals surface area contributed by atoms with Crippen molar-refractivity contribution in [1.82, 2.24) is 4.98 Å². The summed E-state index contributed by atoms with van der Waals surface area (Å²) in [6, 6.07) is 3.22. The molecule has 0 aliphatic heterocycles. The molecule has 1 atom stereocenters. The molecule has 5 nitrogen and oxygen atoms in total. The maximum absolute atomic E-state index is 10.0. The third kappa shape index (κ3) is 2.28. The van der Waals surface area contributed by atoms with E-state index in [1.165, 1.54) is 6.20 Å². The van der Waals surface area contributed by atoms with E-state index in [4.69, 9.17) is 0 Å². The smallest absolute Gasteiger partial charge is 0.233 e. The lowest BCUT2D eigenvalue weighted by Gasteiger charge is -2.03. The molecule has 0 aromatic carbocycles. The number of nitrogens with zero attached hydrogens (tertiary/aromatic N) is 2. The molecule has 1 rings (SSSR count). The molecule has 0 saturated heterocycles. The Morgan fingerprint density at radius 2 is 2.50 bits per heavy atom. The van der Waals surface area contributed by atoms with Crippen LogP contribution in [0.2, 0.25) is 0 Å². The van der Waals surface area contributed by atoms with Gasteiger partial charge in [0.2, 0.25) is 6.54 Å². The molecular weight excluding hydrogens is 160 g/mol. The molecule has 12 heavy (non-hydrogen) atoms. The molecule has 0 bridgehead atoms. The number of rotatable bonds is 3. The van der Waals surface area contributed by atoms with Gasteiger partial charge in [-0.3, -0.25) is 15.1 Å². The normalized spacial score (nSPS) is 12.4. The lowest BCUT2D eigenvalue weighted by Crippen LogP contribution is -2.11. The van der Waals surface area contributed by atoms with E-state index >= 15 is 0 Å². The highest BCUT2D eigenvalue weighted by Crippen LogP contribution is 2.09. The second-order valence-corrected chi connectivity index (χ2v) is 2.32. The molecule has 1 N–H and O–H groups in total. The van der Waals surface area contributed by atoms with Gasteiger partial charge in [0.05, 0.1) is 0 Å². The minimum Gasteiger partial charge on any atom is -0.381 e. The summed E-state index contributed by atoms with van der Waals surface area (Å²) < 4.78 is 0. The summed E-state index contributed by atoms with van der Waals surface area (Å²) in [7, 11) is 0. The highest BCUT2D eigenvalue weighted by atomic mass is 16.6. The van der Waals surface area contributed by atoms with Gasteiger partial charge in [-0.2, -0.15) is 0 Å². The van der Waals surface area contributed by atoms with Gasteiger partial charge in [-0.15, -0.1) is 0 Å². The van der Waals surface area contributed by atoms with Crippen LogP contribution in [0.1, 0.15) is 11.7 Å². The lowest BCUT2D eigenvalue weighted by molar-refractivity contribution is -0.491. The third-order valence-corrected chi connectivity index (χ3v) is 1.39. The number of hydrogen-bond acceptors (Lipinski definition) is 4. The van der Waals surface area contributed by atoms with E-state index in [0.29, 0.717) is 5.56 Å². The van der Waals surface area contributed by atoms with Crippen LogP contribution in [0.15, 0.2) is 24.5 Å². The summed E-state index contributed by atoms with van der Waals surface area (Å²) in [5.41, 5.74) is 0.467. The van der Waals surface area contributed by atoms with E-state index in [2.05, 4.69) is 4.98 Å². The predicted octanol–water partition coefficient (Wildman–Crippen LogP) is 0.392. The van der Waals surface area contributed by atoms with Crippen molar-refractivity contribution in [3.05, 3.63) is 40.2 Å². The van der Waals surface area contributed by atoms with Crippen LogP contribution < -0.4 is 0 Å².